The lowest BCUT2D eigenvalue weighted by Crippen LogP contribution is -2.28. The second-order valence-corrected chi connectivity index (χ2v) is 5.60. The van der Waals surface area contributed by atoms with Crippen molar-refractivity contribution in [3.63, 3.8) is 0 Å². The van der Waals surface area contributed by atoms with E-state index in [9.17, 15) is 4.79 Å². The number of aromatic amines is 1. The van der Waals surface area contributed by atoms with Gasteiger partial charge in [0.1, 0.15) is 11.6 Å². The minimum atomic E-state index is -0.274. The molecule has 7 nitrogen and oxygen atoms in total. The Labute approximate surface area is 145 Å². The zero-order valence-electron chi connectivity index (χ0n) is 14.1. The standard InChI is InChI=1S/C18H19N5O2/c1-12(17-21-18(23-22-17)14-4-3-9-19-11-14)20-16(24)10-13-5-7-15(25-2)8-6-13/h3-9,11-12H,10H2,1-2H3,(H,20,24)(H,21,22,23)/t12-/m1/s1. The number of rotatable bonds is 6. The van der Waals surface area contributed by atoms with Crippen LogP contribution in [0.3, 0.4) is 0 Å². The topological polar surface area (TPSA) is 92.8 Å². The van der Waals surface area contributed by atoms with Gasteiger partial charge in [-0.3, -0.25) is 14.9 Å². The van der Waals surface area contributed by atoms with Crippen LogP contribution in [0.15, 0.2) is 48.8 Å². The molecule has 0 aliphatic heterocycles. The lowest BCUT2D eigenvalue weighted by Gasteiger charge is -2.11. The smallest absolute Gasteiger partial charge is 0.224 e. The lowest BCUT2D eigenvalue weighted by atomic mass is 10.1. The highest BCUT2D eigenvalue weighted by molar-refractivity contribution is 5.78. The quantitative estimate of drug-likeness (QED) is 0.720. The summed E-state index contributed by atoms with van der Waals surface area (Å²) in [7, 11) is 1.61. The number of carbonyl (C=O) groups excluding carboxylic acids is 1. The van der Waals surface area contributed by atoms with Crippen LogP contribution in [0.4, 0.5) is 0 Å². The van der Waals surface area contributed by atoms with E-state index in [2.05, 4.69) is 25.5 Å². The highest BCUT2D eigenvalue weighted by Crippen LogP contribution is 2.16. The average Bonchev–Trinajstić information content (AvgIpc) is 3.13. The van der Waals surface area contributed by atoms with Crippen molar-refractivity contribution in [2.45, 2.75) is 19.4 Å². The zero-order valence-corrected chi connectivity index (χ0v) is 14.1. The van der Waals surface area contributed by atoms with Crippen LogP contribution in [0, 0.1) is 0 Å². The van der Waals surface area contributed by atoms with E-state index in [1.165, 1.54) is 0 Å². The maximum atomic E-state index is 12.2. The summed E-state index contributed by atoms with van der Waals surface area (Å²) in [6.07, 6.45) is 3.68. The minimum absolute atomic E-state index is 0.0861. The normalized spacial score (nSPS) is 11.8. The van der Waals surface area contributed by atoms with Crippen LogP contribution in [0.2, 0.25) is 0 Å². The van der Waals surface area contributed by atoms with Crippen LogP contribution in [-0.4, -0.2) is 33.2 Å². The van der Waals surface area contributed by atoms with Gasteiger partial charge in [-0.2, -0.15) is 5.10 Å². The molecular formula is C18H19N5O2. The second kappa shape index (κ2) is 7.57. The molecule has 0 unspecified atom stereocenters. The number of hydrogen-bond acceptors (Lipinski definition) is 5. The van der Waals surface area contributed by atoms with E-state index in [0.717, 1.165) is 16.9 Å². The maximum Gasteiger partial charge on any atom is 0.224 e. The van der Waals surface area contributed by atoms with Crippen LogP contribution in [-0.2, 0) is 11.2 Å². The summed E-state index contributed by atoms with van der Waals surface area (Å²) < 4.78 is 5.11. The van der Waals surface area contributed by atoms with Gasteiger partial charge < -0.3 is 10.1 Å². The van der Waals surface area contributed by atoms with Crippen molar-refractivity contribution < 1.29 is 9.53 Å². The Hall–Kier alpha value is -3.22. The summed E-state index contributed by atoms with van der Waals surface area (Å²) in [5.41, 5.74) is 1.74. The maximum absolute atomic E-state index is 12.2. The molecule has 0 radical (unpaired) electrons. The Balaban J connectivity index is 1.60. The second-order valence-electron chi connectivity index (χ2n) is 5.60. The molecule has 1 aromatic carbocycles. The number of hydrogen-bond donors (Lipinski definition) is 2. The zero-order chi connectivity index (χ0) is 17.6. The van der Waals surface area contributed by atoms with Crippen molar-refractivity contribution in [1.29, 1.82) is 0 Å². The Morgan fingerprint density at radius 3 is 2.76 bits per heavy atom. The number of amides is 1. The van der Waals surface area contributed by atoms with Gasteiger partial charge in [0, 0.05) is 18.0 Å². The molecule has 0 fully saturated rings. The molecule has 1 atom stereocenters. The van der Waals surface area contributed by atoms with Gasteiger partial charge in [0.15, 0.2) is 5.82 Å². The minimum Gasteiger partial charge on any atom is -0.497 e. The van der Waals surface area contributed by atoms with Gasteiger partial charge >= 0.3 is 0 Å². The fraction of sp³-hybridized carbons (Fsp3) is 0.222. The molecule has 0 saturated carbocycles. The van der Waals surface area contributed by atoms with Crippen molar-refractivity contribution in [3.05, 3.63) is 60.2 Å². The van der Waals surface area contributed by atoms with Crippen LogP contribution in [0.1, 0.15) is 24.4 Å². The summed E-state index contributed by atoms with van der Waals surface area (Å²) in [6, 6.07) is 10.9. The van der Waals surface area contributed by atoms with E-state index < -0.39 is 0 Å². The van der Waals surface area contributed by atoms with Crippen molar-refractivity contribution in [2.75, 3.05) is 7.11 Å². The molecule has 3 rings (SSSR count). The molecule has 2 aromatic heterocycles. The van der Waals surface area contributed by atoms with Crippen molar-refractivity contribution in [1.82, 2.24) is 25.5 Å². The van der Waals surface area contributed by atoms with Crippen molar-refractivity contribution in [2.24, 2.45) is 0 Å². The van der Waals surface area contributed by atoms with E-state index in [4.69, 9.17) is 4.74 Å². The van der Waals surface area contributed by atoms with Crippen LogP contribution >= 0.6 is 0 Å². The predicted molar refractivity (Wildman–Crippen MR) is 92.9 cm³/mol. The number of nitrogens with zero attached hydrogens (tertiary/aromatic N) is 3. The molecule has 25 heavy (non-hydrogen) atoms. The first-order chi connectivity index (χ1) is 12.2. The number of nitrogens with one attached hydrogen (secondary N) is 2. The molecule has 7 heteroatoms. The van der Waals surface area contributed by atoms with Gasteiger partial charge in [-0.1, -0.05) is 12.1 Å². The average molecular weight is 337 g/mol. The number of benzene rings is 1. The summed E-state index contributed by atoms with van der Waals surface area (Å²) in [5.74, 6) is 1.83. The number of aromatic nitrogens is 4. The first kappa shape index (κ1) is 16.6. The Kier molecular flexibility index (Phi) is 5.03. The van der Waals surface area contributed by atoms with Gasteiger partial charge in [0.25, 0.3) is 0 Å². The van der Waals surface area contributed by atoms with E-state index in [0.29, 0.717) is 11.6 Å². The molecule has 1 amide bonds. The van der Waals surface area contributed by atoms with Crippen LogP contribution in [0.5, 0.6) is 5.75 Å². The van der Waals surface area contributed by atoms with Crippen LogP contribution in [0.25, 0.3) is 11.4 Å². The fourth-order valence-corrected chi connectivity index (χ4v) is 2.38. The molecule has 0 saturated heterocycles. The highest BCUT2D eigenvalue weighted by atomic mass is 16.5. The van der Waals surface area contributed by atoms with Crippen molar-refractivity contribution in [3.8, 4) is 17.1 Å². The summed E-state index contributed by atoms with van der Waals surface area (Å²) in [4.78, 5) is 20.7. The molecule has 0 aliphatic carbocycles. The molecule has 0 bridgehead atoms. The van der Waals surface area contributed by atoms with Gasteiger partial charge in [0.05, 0.1) is 19.6 Å². The summed E-state index contributed by atoms with van der Waals surface area (Å²) in [6.45, 7) is 1.86. The summed E-state index contributed by atoms with van der Waals surface area (Å²) in [5, 5.41) is 9.96. The highest BCUT2D eigenvalue weighted by Gasteiger charge is 2.15. The fourth-order valence-electron chi connectivity index (χ4n) is 2.38. The number of H-pyrrole nitrogens is 1. The first-order valence-corrected chi connectivity index (χ1v) is 7.90. The molecule has 2 N–H and O–H groups in total. The largest absolute Gasteiger partial charge is 0.497 e. The molecule has 2 heterocycles. The molecule has 3 aromatic rings. The van der Waals surface area contributed by atoms with E-state index >= 15 is 0 Å². The third-order valence-electron chi connectivity index (χ3n) is 3.73. The third-order valence-corrected chi connectivity index (χ3v) is 3.73. The first-order valence-electron chi connectivity index (χ1n) is 7.90. The Bertz CT molecular complexity index is 830. The Morgan fingerprint density at radius 2 is 2.08 bits per heavy atom. The van der Waals surface area contributed by atoms with Gasteiger partial charge in [-0.15, -0.1) is 0 Å². The van der Waals surface area contributed by atoms with Crippen LogP contribution < -0.4 is 10.1 Å². The monoisotopic (exact) mass is 337 g/mol. The van der Waals surface area contributed by atoms with Gasteiger partial charge in [0.2, 0.25) is 5.91 Å². The van der Waals surface area contributed by atoms with E-state index in [1.54, 1.807) is 19.5 Å². The van der Waals surface area contributed by atoms with Crippen molar-refractivity contribution >= 4 is 5.91 Å². The third kappa shape index (κ3) is 4.20. The SMILES string of the molecule is COc1ccc(CC(=O)N[C@H](C)c2nc(-c3cccnc3)n[nH]2)cc1. The predicted octanol–water partition coefficient (Wildman–Crippen LogP) is 2.30. The van der Waals surface area contributed by atoms with Gasteiger partial charge in [-0.05, 0) is 36.8 Å². The molecular weight excluding hydrogens is 318 g/mol. The number of methoxy groups -OCH3 is 1. The number of ether oxygens (including phenoxy) is 1. The number of pyridine rings is 1. The Morgan fingerprint density at radius 1 is 1.28 bits per heavy atom. The molecule has 128 valence electrons. The lowest BCUT2D eigenvalue weighted by molar-refractivity contribution is -0.121. The van der Waals surface area contributed by atoms with E-state index in [-0.39, 0.29) is 18.4 Å². The molecule has 0 aliphatic rings. The molecule has 0 spiro atoms. The van der Waals surface area contributed by atoms with E-state index in [1.807, 2.05) is 43.3 Å². The number of carbonyl (C=O) groups is 1. The van der Waals surface area contributed by atoms with Gasteiger partial charge in [-0.25, -0.2) is 4.98 Å². The summed E-state index contributed by atoms with van der Waals surface area (Å²) >= 11 is 0.